The number of aromatic nitrogens is 1. The fourth-order valence-electron chi connectivity index (χ4n) is 3.08. The summed E-state index contributed by atoms with van der Waals surface area (Å²) in [5.41, 5.74) is 3.40. The molecular weight excluding hydrogens is 280 g/mol. The van der Waals surface area contributed by atoms with Gasteiger partial charge in [-0.3, -0.25) is 0 Å². The number of rotatable bonds is 1. The number of hydrogen-bond donors (Lipinski definition) is 0. The normalized spacial score (nSPS) is 16.5. The van der Waals surface area contributed by atoms with Gasteiger partial charge in [-0.05, 0) is 42.4 Å². The summed E-state index contributed by atoms with van der Waals surface area (Å²) in [7, 11) is 0. The number of benzene rings is 1. The molecule has 0 aliphatic carbocycles. The van der Waals surface area contributed by atoms with Crippen molar-refractivity contribution in [2.45, 2.75) is 45.4 Å². The van der Waals surface area contributed by atoms with Crippen LogP contribution in [-0.2, 0) is 5.41 Å². The summed E-state index contributed by atoms with van der Waals surface area (Å²) < 4.78 is 0. The Morgan fingerprint density at radius 1 is 1.10 bits per heavy atom. The van der Waals surface area contributed by atoms with Crippen LogP contribution in [0.5, 0.6) is 0 Å². The van der Waals surface area contributed by atoms with Crippen LogP contribution in [0.3, 0.4) is 0 Å². The first kappa shape index (κ1) is 14.6. The van der Waals surface area contributed by atoms with Crippen LogP contribution >= 0.6 is 11.6 Å². The van der Waals surface area contributed by atoms with Gasteiger partial charge in [-0.1, -0.05) is 44.5 Å². The van der Waals surface area contributed by atoms with E-state index in [9.17, 15) is 0 Å². The van der Waals surface area contributed by atoms with Crippen molar-refractivity contribution in [3.8, 4) is 0 Å². The Morgan fingerprint density at radius 3 is 2.48 bits per heavy atom. The Kier molecular flexibility index (Phi) is 3.83. The smallest absolute Gasteiger partial charge is 0.133 e. The van der Waals surface area contributed by atoms with Crippen LogP contribution in [0, 0.1) is 0 Å². The van der Waals surface area contributed by atoms with Crippen molar-refractivity contribution in [2.75, 3.05) is 18.0 Å². The summed E-state index contributed by atoms with van der Waals surface area (Å²) >= 11 is 6.47. The summed E-state index contributed by atoms with van der Waals surface area (Å²) in [5.74, 6) is 0. The molecule has 0 amide bonds. The summed E-state index contributed by atoms with van der Waals surface area (Å²) in [6.45, 7) is 8.78. The van der Waals surface area contributed by atoms with Crippen molar-refractivity contribution in [3.63, 3.8) is 0 Å². The lowest BCUT2D eigenvalue weighted by Crippen LogP contribution is -2.29. The average molecular weight is 303 g/mol. The van der Waals surface area contributed by atoms with E-state index in [0.717, 1.165) is 24.2 Å². The minimum Gasteiger partial charge on any atom is -0.370 e. The fourth-order valence-corrected chi connectivity index (χ4v) is 3.50. The number of piperidine rings is 1. The topological polar surface area (TPSA) is 16.1 Å². The Morgan fingerprint density at radius 2 is 1.81 bits per heavy atom. The lowest BCUT2D eigenvalue weighted by Gasteiger charge is -2.30. The van der Waals surface area contributed by atoms with Crippen molar-refractivity contribution >= 4 is 28.2 Å². The van der Waals surface area contributed by atoms with Crippen LogP contribution in [0.1, 0.15) is 45.6 Å². The molecule has 3 rings (SSSR count). The van der Waals surface area contributed by atoms with E-state index in [1.807, 2.05) is 0 Å². The van der Waals surface area contributed by atoms with Crippen molar-refractivity contribution in [3.05, 3.63) is 35.0 Å². The highest BCUT2D eigenvalue weighted by atomic mass is 35.5. The van der Waals surface area contributed by atoms with Crippen LogP contribution < -0.4 is 4.90 Å². The highest BCUT2D eigenvalue weighted by Crippen LogP contribution is 2.34. The molecule has 112 valence electrons. The molecule has 0 bridgehead atoms. The molecule has 0 spiro atoms. The molecule has 0 atom stereocenters. The Bertz CT molecular complexity index is 652. The monoisotopic (exact) mass is 302 g/mol. The first-order valence-electron chi connectivity index (χ1n) is 7.81. The Balaban J connectivity index is 2.13. The molecule has 2 heterocycles. The Labute approximate surface area is 132 Å². The maximum Gasteiger partial charge on any atom is 0.133 e. The molecule has 1 saturated heterocycles. The maximum absolute atomic E-state index is 6.47. The van der Waals surface area contributed by atoms with Crippen LogP contribution in [0.2, 0.25) is 5.15 Å². The second-order valence-corrected chi connectivity index (χ2v) is 7.33. The number of fused-ring (bicyclic) bond motifs is 1. The van der Waals surface area contributed by atoms with Crippen LogP contribution in [-0.4, -0.2) is 18.1 Å². The van der Waals surface area contributed by atoms with Gasteiger partial charge >= 0.3 is 0 Å². The van der Waals surface area contributed by atoms with Gasteiger partial charge in [0.25, 0.3) is 0 Å². The van der Waals surface area contributed by atoms with E-state index >= 15 is 0 Å². The average Bonchev–Trinajstić information content (AvgIpc) is 2.46. The number of nitrogens with zero attached hydrogens (tertiary/aromatic N) is 2. The quantitative estimate of drug-likeness (QED) is 0.675. The van der Waals surface area contributed by atoms with Crippen LogP contribution in [0.25, 0.3) is 10.9 Å². The van der Waals surface area contributed by atoms with Crippen molar-refractivity contribution in [1.29, 1.82) is 0 Å². The third-order valence-electron chi connectivity index (χ3n) is 4.28. The van der Waals surface area contributed by atoms with E-state index in [2.05, 4.69) is 49.9 Å². The zero-order valence-corrected chi connectivity index (χ0v) is 13.9. The highest BCUT2D eigenvalue weighted by molar-refractivity contribution is 6.30. The molecule has 0 N–H and O–H groups in total. The molecule has 21 heavy (non-hydrogen) atoms. The number of para-hydroxylation sites is 1. The zero-order chi connectivity index (χ0) is 15.0. The standard InChI is InChI=1S/C18H23ClN2/c1-18(2,3)14-12-13-8-7-9-15(16(13)20-17(14)19)21-10-5-4-6-11-21/h7-9,12H,4-6,10-11H2,1-3H3. The molecular formula is C18H23ClN2. The molecule has 1 aliphatic rings. The molecule has 0 saturated carbocycles. The van der Waals surface area contributed by atoms with Crippen LogP contribution in [0.4, 0.5) is 5.69 Å². The first-order chi connectivity index (χ1) is 9.97. The molecule has 2 aromatic rings. The second kappa shape index (κ2) is 5.49. The number of halogens is 1. The first-order valence-corrected chi connectivity index (χ1v) is 8.19. The SMILES string of the molecule is CC(C)(C)c1cc2cccc(N3CCCCC3)c2nc1Cl. The molecule has 2 nitrogen and oxygen atoms in total. The summed E-state index contributed by atoms with van der Waals surface area (Å²) in [5, 5.41) is 1.83. The predicted octanol–water partition coefficient (Wildman–Crippen LogP) is 5.18. The highest BCUT2D eigenvalue weighted by Gasteiger charge is 2.21. The lowest BCUT2D eigenvalue weighted by atomic mass is 9.87. The second-order valence-electron chi connectivity index (χ2n) is 6.97. The Hall–Kier alpha value is -1.28. The van der Waals surface area contributed by atoms with Gasteiger partial charge in [0.05, 0.1) is 11.2 Å². The van der Waals surface area contributed by atoms with Gasteiger partial charge in [-0.25, -0.2) is 4.98 Å². The molecule has 1 aromatic heterocycles. The van der Waals surface area contributed by atoms with Crippen molar-refractivity contribution in [2.24, 2.45) is 0 Å². The van der Waals surface area contributed by atoms with Gasteiger partial charge in [0.2, 0.25) is 0 Å². The number of pyridine rings is 1. The van der Waals surface area contributed by atoms with E-state index < -0.39 is 0 Å². The van der Waals surface area contributed by atoms with Crippen molar-refractivity contribution < 1.29 is 0 Å². The van der Waals surface area contributed by atoms with Gasteiger partial charge < -0.3 is 4.90 Å². The molecule has 0 unspecified atom stereocenters. The maximum atomic E-state index is 6.47. The molecule has 1 aliphatic heterocycles. The van der Waals surface area contributed by atoms with E-state index in [4.69, 9.17) is 16.6 Å². The molecule has 0 radical (unpaired) electrons. The minimum atomic E-state index is 0.0133. The summed E-state index contributed by atoms with van der Waals surface area (Å²) in [4.78, 5) is 7.19. The zero-order valence-electron chi connectivity index (χ0n) is 13.1. The molecule has 3 heteroatoms. The van der Waals surface area contributed by atoms with Gasteiger partial charge in [0.1, 0.15) is 5.15 Å². The van der Waals surface area contributed by atoms with Gasteiger partial charge in [0, 0.05) is 18.5 Å². The number of anilines is 1. The van der Waals surface area contributed by atoms with Gasteiger partial charge in [0.15, 0.2) is 0 Å². The van der Waals surface area contributed by atoms with Gasteiger partial charge in [-0.15, -0.1) is 0 Å². The van der Waals surface area contributed by atoms with E-state index in [1.54, 1.807) is 0 Å². The third kappa shape index (κ3) is 2.87. The summed E-state index contributed by atoms with van der Waals surface area (Å²) in [6, 6.07) is 8.65. The van der Waals surface area contributed by atoms with E-state index in [-0.39, 0.29) is 5.41 Å². The van der Waals surface area contributed by atoms with Gasteiger partial charge in [-0.2, -0.15) is 0 Å². The molecule has 1 aromatic carbocycles. The lowest BCUT2D eigenvalue weighted by molar-refractivity contribution is 0.578. The third-order valence-corrected chi connectivity index (χ3v) is 4.57. The fraction of sp³-hybridized carbons (Fsp3) is 0.500. The van der Waals surface area contributed by atoms with E-state index in [1.165, 1.54) is 30.3 Å². The molecule has 1 fully saturated rings. The summed E-state index contributed by atoms with van der Waals surface area (Å²) in [6.07, 6.45) is 3.87. The van der Waals surface area contributed by atoms with Crippen molar-refractivity contribution in [1.82, 2.24) is 4.98 Å². The minimum absolute atomic E-state index is 0.0133. The van der Waals surface area contributed by atoms with Crippen LogP contribution in [0.15, 0.2) is 24.3 Å². The predicted molar refractivity (Wildman–Crippen MR) is 91.5 cm³/mol. The largest absolute Gasteiger partial charge is 0.370 e. The van der Waals surface area contributed by atoms with E-state index in [0.29, 0.717) is 5.15 Å². The number of hydrogen-bond acceptors (Lipinski definition) is 2.